The fourth-order valence-corrected chi connectivity index (χ4v) is 2.18. The summed E-state index contributed by atoms with van der Waals surface area (Å²) in [5, 5.41) is 0. The third kappa shape index (κ3) is 2.61. The Balaban J connectivity index is 2.30. The number of nitrogens with zero attached hydrogens (tertiary/aromatic N) is 1. The molecule has 0 amide bonds. The second-order valence-electron chi connectivity index (χ2n) is 3.83. The third-order valence-electron chi connectivity index (χ3n) is 2.62. The molecule has 1 aromatic carbocycles. The predicted octanol–water partition coefficient (Wildman–Crippen LogP) is 3.71. The zero-order chi connectivity index (χ0) is 12.3. The topological polar surface area (TPSA) is 30.0 Å². The molecule has 2 nitrogen and oxygen atoms in total. The van der Waals surface area contributed by atoms with Gasteiger partial charge in [0.15, 0.2) is 5.78 Å². The van der Waals surface area contributed by atoms with Crippen LogP contribution in [0.15, 0.2) is 48.8 Å². The monoisotopic (exact) mass is 289 g/mol. The van der Waals surface area contributed by atoms with Gasteiger partial charge < -0.3 is 0 Å². The molecule has 1 unspecified atom stereocenters. The molecule has 0 aliphatic rings. The first-order chi connectivity index (χ1) is 8.20. The summed E-state index contributed by atoms with van der Waals surface area (Å²) >= 11 is 3.43. The predicted molar refractivity (Wildman–Crippen MR) is 71.4 cm³/mol. The Morgan fingerprint density at radius 1 is 1.24 bits per heavy atom. The van der Waals surface area contributed by atoms with E-state index >= 15 is 0 Å². The molecule has 1 aromatic heterocycles. The normalized spacial score (nSPS) is 12.1. The van der Waals surface area contributed by atoms with E-state index < -0.39 is 0 Å². The molecular formula is C14H12BrNO. The average Bonchev–Trinajstić information content (AvgIpc) is 2.39. The first-order valence-electron chi connectivity index (χ1n) is 5.34. The van der Waals surface area contributed by atoms with E-state index in [1.807, 2.05) is 43.3 Å². The molecule has 86 valence electrons. The largest absolute Gasteiger partial charge is 0.293 e. The van der Waals surface area contributed by atoms with Crippen LogP contribution < -0.4 is 0 Å². The van der Waals surface area contributed by atoms with Gasteiger partial charge in [0.1, 0.15) is 4.83 Å². The zero-order valence-electron chi connectivity index (χ0n) is 9.43. The minimum Gasteiger partial charge on any atom is -0.293 e. The molecule has 2 rings (SSSR count). The van der Waals surface area contributed by atoms with E-state index in [9.17, 15) is 4.79 Å². The Kier molecular flexibility index (Phi) is 3.69. The fourth-order valence-electron chi connectivity index (χ4n) is 1.66. The van der Waals surface area contributed by atoms with Gasteiger partial charge in [-0.2, -0.15) is 0 Å². The Hall–Kier alpha value is -1.48. The summed E-state index contributed by atoms with van der Waals surface area (Å²) in [6.45, 7) is 1.94. The lowest BCUT2D eigenvalue weighted by molar-refractivity contribution is 0.0991. The number of aromatic nitrogens is 1. The van der Waals surface area contributed by atoms with Gasteiger partial charge in [0.25, 0.3) is 0 Å². The number of Topliss-reactive ketones (excluding diaryl/α,β-unsaturated/α-hetero) is 1. The molecule has 0 N–H and O–H groups in total. The van der Waals surface area contributed by atoms with Gasteiger partial charge in [0.2, 0.25) is 0 Å². The molecule has 0 aliphatic carbocycles. The summed E-state index contributed by atoms with van der Waals surface area (Å²) < 4.78 is 0. The second kappa shape index (κ2) is 5.23. The molecule has 0 aliphatic heterocycles. The van der Waals surface area contributed by atoms with Crippen molar-refractivity contribution in [1.82, 2.24) is 4.98 Å². The minimum absolute atomic E-state index is 0.0658. The SMILES string of the molecule is Cc1ccccc1C(=O)C(Br)c1cccnc1. The fraction of sp³-hybridized carbons (Fsp3) is 0.143. The summed E-state index contributed by atoms with van der Waals surface area (Å²) in [4.78, 5) is 16.0. The van der Waals surface area contributed by atoms with Gasteiger partial charge in [-0.05, 0) is 24.1 Å². The van der Waals surface area contributed by atoms with Crippen molar-refractivity contribution >= 4 is 21.7 Å². The number of hydrogen-bond acceptors (Lipinski definition) is 2. The van der Waals surface area contributed by atoms with Crippen LogP contribution in [0.3, 0.4) is 0 Å². The van der Waals surface area contributed by atoms with E-state index in [0.29, 0.717) is 0 Å². The van der Waals surface area contributed by atoms with Crippen molar-refractivity contribution < 1.29 is 4.79 Å². The van der Waals surface area contributed by atoms with Gasteiger partial charge in [-0.25, -0.2) is 0 Å². The van der Waals surface area contributed by atoms with Gasteiger partial charge in [-0.3, -0.25) is 9.78 Å². The summed E-state index contributed by atoms with van der Waals surface area (Å²) in [6.07, 6.45) is 3.40. The standard InChI is InChI=1S/C14H12BrNO/c1-10-5-2-3-7-12(10)14(17)13(15)11-6-4-8-16-9-11/h2-9,13H,1H3. The van der Waals surface area contributed by atoms with E-state index in [4.69, 9.17) is 0 Å². The van der Waals surface area contributed by atoms with Crippen LogP contribution in [0.4, 0.5) is 0 Å². The Morgan fingerprint density at radius 2 is 2.00 bits per heavy atom. The second-order valence-corrected chi connectivity index (χ2v) is 4.74. The van der Waals surface area contributed by atoms with Crippen LogP contribution in [0.25, 0.3) is 0 Å². The van der Waals surface area contributed by atoms with E-state index in [1.54, 1.807) is 12.4 Å². The number of halogens is 1. The molecule has 3 heteroatoms. The molecule has 0 radical (unpaired) electrons. The number of pyridine rings is 1. The smallest absolute Gasteiger partial charge is 0.181 e. The number of alkyl halides is 1. The number of benzene rings is 1. The Morgan fingerprint density at radius 3 is 2.65 bits per heavy atom. The van der Waals surface area contributed by atoms with Gasteiger partial charge in [-0.15, -0.1) is 0 Å². The van der Waals surface area contributed by atoms with Crippen LogP contribution in [-0.2, 0) is 0 Å². The van der Waals surface area contributed by atoms with Gasteiger partial charge in [-0.1, -0.05) is 46.3 Å². The highest BCUT2D eigenvalue weighted by Crippen LogP contribution is 2.27. The highest BCUT2D eigenvalue weighted by molar-refractivity contribution is 9.09. The Bertz CT molecular complexity index is 525. The van der Waals surface area contributed by atoms with E-state index in [2.05, 4.69) is 20.9 Å². The lowest BCUT2D eigenvalue weighted by Crippen LogP contribution is -2.08. The highest BCUT2D eigenvalue weighted by Gasteiger charge is 2.20. The molecule has 1 atom stereocenters. The minimum atomic E-state index is -0.336. The molecule has 0 fully saturated rings. The van der Waals surface area contributed by atoms with Gasteiger partial charge >= 0.3 is 0 Å². The Labute approximate surface area is 109 Å². The van der Waals surface area contributed by atoms with E-state index in [-0.39, 0.29) is 10.6 Å². The van der Waals surface area contributed by atoms with Crippen LogP contribution in [0.2, 0.25) is 0 Å². The summed E-state index contributed by atoms with van der Waals surface area (Å²) in [7, 11) is 0. The van der Waals surface area contributed by atoms with Crippen molar-refractivity contribution in [3.63, 3.8) is 0 Å². The maximum Gasteiger partial charge on any atom is 0.181 e. The van der Waals surface area contributed by atoms with Gasteiger partial charge in [0, 0.05) is 18.0 Å². The van der Waals surface area contributed by atoms with E-state index in [0.717, 1.165) is 16.7 Å². The summed E-state index contributed by atoms with van der Waals surface area (Å²) in [6, 6.07) is 11.3. The third-order valence-corrected chi connectivity index (χ3v) is 3.56. The first-order valence-corrected chi connectivity index (χ1v) is 6.25. The number of carbonyl (C=O) groups excluding carboxylic acids is 1. The highest BCUT2D eigenvalue weighted by atomic mass is 79.9. The van der Waals surface area contributed by atoms with Crippen molar-refractivity contribution in [3.05, 3.63) is 65.5 Å². The molecule has 2 aromatic rings. The molecule has 0 spiro atoms. The number of rotatable bonds is 3. The summed E-state index contributed by atoms with van der Waals surface area (Å²) in [5.41, 5.74) is 2.62. The lowest BCUT2D eigenvalue weighted by Gasteiger charge is -2.10. The quantitative estimate of drug-likeness (QED) is 0.637. The first kappa shape index (κ1) is 12.0. The molecule has 0 saturated heterocycles. The van der Waals surface area contributed by atoms with Gasteiger partial charge in [0.05, 0.1) is 0 Å². The van der Waals surface area contributed by atoms with Crippen LogP contribution >= 0.6 is 15.9 Å². The van der Waals surface area contributed by atoms with Crippen molar-refractivity contribution in [2.45, 2.75) is 11.8 Å². The van der Waals surface area contributed by atoms with Crippen LogP contribution in [0.1, 0.15) is 26.3 Å². The number of aryl methyl sites for hydroxylation is 1. The summed E-state index contributed by atoms with van der Waals surface area (Å²) in [5.74, 6) is 0.0658. The van der Waals surface area contributed by atoms with Crippen LogP contribution in [0.5, 0.6) is 0 Å². The van der Waals surface area contributed by atoms with E-state index in [1.165, 1.54) is 0 Å². The van der Waals surface area contributed by atoms with Crippen molar-refractivity contribution in [2.75, 3.05) is 0 Å². The van der Waals surface area contributed by atoms with Crippen molar-refractivity contribution in [2.24, 2.45) is 0 Å². The van der Waals surface area contributed by atoms with Crippen LogP contribution in [0, 0.1) is 6.92 Å². The molecular weight excluding hydrogens is 278 g/mol. The molecule has 0 saturated carbocycles. The maximum absolute atomic E-state index is 12.3. The van der Waals surface area contributed by atoms with Crippen molar-refractivity contribution in [3.8, 4) is 0 Å². The number of ketones is 1. The van der Waals surface area contributed by atoms with Crippen molar-refractivity contribution in [1.29, 1.82) is 0 Å². The average molecular weight is 290 g/mol. The zero-order valence-corrected chi connectivity index (χ0v) is 11.0. The molecule has 0 bridgehead atoms. The number of carbonyl (C=O) groups is 1. The molecule has 17 heavy (non-hydrogen) atoms. The lowest BCUT2D eigenvalue weighted by atomic mass is 10.00. The molecule has 1 heterocycles. The maximum atomic E-state index is 12.3. The number of hydrogen-bond donors (Lipinski definition) is 0. The van der Waals surface area contributed by atoms with Crippen LogP contribution in [-0.4, -0.2) is 10.8 Å².